The maximum atomic E-state index is 9.42. The van der Waals surface area contributed by atoms with Gasteiger partial charge in [-0.3, -0.25) is 0 Å². The van der Waals surface area contributed by atoms with Gasteiger partial charge in [-0.1, -0.05) is 19.1 Å². The van der Waals surface area contributed by atoms with E-state index in [2.05, 4.69) is 25.0 Å². The third-order valence-electron chi connectivity index (χ3n) is 4.39. The maximum absolute atomic E-state index is 9.42. The van der Waals surface area contributed by atoms with E-state index in [4.69, 9.17) is 6.42 Å². The summed E-state index contributed by atoms with van der Waals surface area (Å²) in [6, 6.07) is 0. The van der Waals surface area contributed by atoms with Crippen LogP contribution >= 0.6 is 0 Å². The molecule has 0 saturated heterocycles. The fourth-order valence-corrected chi connectivity index (χ4v) is 3.33. The van der Waals surface area contributed by atoms with Crippen LogP contribution in [0.5, 0.6) is 0 Å². The molecule has 0 aromatic heterocycles. The van der Waals surface area contributed by atoms with Crippen LogP contribution in [0.1, 0.15) is 32.6 Å². The van der Waals surface area contributed by atoms with Gasteiger partial charge in [0.2, 0.25) is 0 Å². The van der Waals surface area contributed by atoms with Crippen LogP contribution in [0.4, 0.5) is 0 Å². The van der Waals surface area contributed by atoms with Crippen LogP contribution in [0, 0.1) is 35.5 Å². The second-order valence-electron chi connectivity index (χ2n) is 5.33. The normalized spacial score (nSPS) is 44.5. The Bertz CT molecular complexity index is 299. The van der Waals surface area contributed by atoms with Gasteiger partial charge in [0.25, 0.3) is 0 Å². The highest BCUT2D eigenvalue weighted by Gasteiger charge is 2.42. The van der Waals surface area contributed by atoms with Crippen LogP contribution in [0.25, 0.3) is 0 Å². The Morgan fingerprint density at radius 1 is 1.60 bits per heavy atom. The molecule has 0 spiro atoms. The molecular formula is C14H20O. The lowest BCUT2D eigenvalue weighted by atomic mass is 9.57. The first-order valence-corrected chi connectivity index (χ1v) is 5.94. The number of terminal acetylenes is 1. The van der Waals surface area contributed by atoms with Gasteiger partial charge in [-0.15, -0.1) is 12.3 Å². The predicted octanol–water partition coefficient (Wildman–Crippen LogP) is 2.61. The molecule has 1 nitrogen and oxygen atoms in total. The Balaban J connectivity index is 2.20. The van der Waals surface area contributed by atoms with Gasteiger partial charge < -0.3 is 5.11 Å². The van der Waals surface area contributed by atoms with E-state index in [1.54, 1.807) is 0 Å². The topological polar surface area (TPSA) is 20.2 Å². The zero-order valence-corrected chi connectivity index (χ0v) is 9.45. The minimum atomic E-state index is 0.291. The average Bonchev–Trinajstić information content (AvgIpc) is 2.27. The Hall–Kier alpha value is -0.740. The van der Waals surface area contributed by atoms with E-state index in [0.29, 0.717) is 29.8 Å². The highest BCUT2D eigenvalue weighted by molar-refractivity contribution is 5.12. The molecule has 2 rings (SSSR count). The maximum Gasteiger partial charge on any atom is 0.0465 e. The Labute approximate surface area is 92.6 Å². The lowest BCUT2D eigenvalue weighted by Crippen LogP contribution is -2.40. The fourth-order valence-electron chi connectivity index (χ4n) is 3.33. The smallest absolute Gasteiger partial charge is 0.0465 e. The third-order valence-corrected chi connectivity index (χ3v) is 4.39. The van der Waals surface area contributed by atoms with E-state index < -0.39 is 0 Å². The summed E-state index contributed by atoms with van der Waals surface area (Å²) in [6.45, 7) is 2.63. The second kappa shape index (κ2) is 4.02. The molecule has 0 heterocycles. The SMILES string of the molecule is C#C[C@@H]1CC[C@@]2(C)C=CC[C@H](CO)[C@H]2C1. The molecule has 0 aliphatic heterocycles. The molecular weight excluding hydrogens is 184 g/mol. The number of hydrogen-bond acceptors (Lipinski definition) is 1. The van der Waals surface area contributed by atoms with E-state index in [1.165, 1.54) is 6.42 Å². The van der Waals surface area contributed by atoms with Gasteiger partial charge in [0.1, 0.15) is 0 Å². The summed E-state index contributed by atoms with van der Waals surface area (Å²) in [5.74, 6) is 4.34. The predicted molar refractivity (Wildman–Crippen MR) is 62.1 cm³/mol. The molecule has 1 N–H and O–H groups in total. The molecule has 4 atom stereocenters. The van der Waals surface area contributed by atoms with E-state index in [1.807, 2.05) is 0 Å². The highest BCUT2D eigenvalue weighted by Crippen LogP contribution is 2.50. The van der Waals surface area contributed by atoms with Crippen molar-refractivity contribution in [3.05, 3.63) is 12.2 Å². The van der Waals surface area contributed by atoms with Crippen LogP contribution in [-0.4, -0.2) is 11.7 Å². The molecule has 0 aromatic rings. The first-order chi connectivity index (χ1) is 7.19. The Kier molecular flexibility index (Phi) is 2.89. The Morgan fingerprint density at radius 2 is 2.40 bits per heavy atom. The molecule has 82 valence electrons. The van der Waals surface area contributed by atoms with E-state index >= 15 is 0 Å². The summed E-state index contributed by atoms with van der Waals surface area (Å²) < 4.78 is 0. The van der Waals surface area contributed by atoms with Gasteiger partial charge in [-0.05, 0) is 42.9 Å². The summed E-state index contributed by atoms with van der Waals surface area (Å²) >= 11 is 0. The first-order valence-electron chi connectivity index (χ1n) is 5.94. The van der Waals surface area contributed by atoms with Gasteiger partial charge in [0.05, 0.1) is 0 Å². The van der Waals surface area contributed by atoms with E-state index in [-0.39, 0.29) is 0 Å². The minimum Gasteiger partial charge on any atom is -0.396 e. The van der Waals surface area contributed by atoms with Crippen LogP contribution < -0.4 is 0 Å². The monoisotopic (exact) mass is 204 g/mol. The lowest BCUT2D eigenvalue weighted by molar-refractivity contribution is 0.0471. The molecule has 0 bridgehead atoms. The summed E-state index contributed by atoms with van der Waals surface area (Å²) in [5.41, 5.74) is 0.291. The van der Waals surface area contributed by atoms with Gasteiger partial charge in [-0.2, -0.15) is 0 Å². The van der Waals surface area contributed by atoms with Crippen molar-refractivity contribution in [2.45, 2.75) is 32.6 Å². The van der Waals surface area contributed by atoms with Crippen molar-refractivity contribution in [3.8, 4) is 12.3 Å². The van der Waals surface area contributed by atoms with Crippen molar-refractivity contribution in [2.75, 3.05) is 6.61 Å². The second-order valence-corrected chi connectivity index (χ2v) is 5.33. The molecule has 2 aliphatic rings. The molecule has 0 amide bonds. The number of aliphatic hydroxyl groups excluding tert-OH is 1. The van der Waals surface area contributed by atoms with Gasteiger partial charge in [0, 0.05) is 12.5 Å². The van der Waals surface area contributed by atoms with Gasteiger partial charge in [0.15, 0.2) is 0 Å². The number of aliphatic hydroxyl groups is 1. The van der Waals surface area contributed by atoms with Crippen molar-refractivity contribution >= 4 is 0 Å². The standard InChI is InChI=1S/C14H20O/c1-3-11-6-8-14(2)7-4-5-12(10-15)13(14)9-11/h1,4,7,11-13,15H,5-6,8-10H2,2H3/t11-,12-,13-,14-/m1/s1. The van der Waals surface area contributed by atoms with Crippen LogP contribution in [0.2, 0.25) is 0 Å². The molecule has 0 radical (unpaired) electrons. The van der Waals surface area contributed by atoms with Gasteiger partial charge in [-0.25, -0.2) is 0 Å². The van der Waals surface area contributed by atoms with Crippen molar-refractivity contribution in [3.63, 3.8) is 0 Å². The highest BCUT2D eigenvalue weighted by atomic mass is 16.3. The fraction of sp³-hybridized carbons (Fsp3) is 0.714. The van der Waals surface area contributed by atoms with Gasteiger partial charge >= 0.3 is 0 Å². The summed E-state index contributed by atoms with van der Waals surface area (Å²) in [6.07, 6.45) is 14.6. The van der Waals surface area contributed by atoms with Crippen LogP contribution in [0.3, 0.4) is 0 Å². The number of fused-ring (bicyclic) bond motifs is 1. The number of allylic oxidation sites excluding steroid dienone is 2. The Morgan fingerprint density at radius 3 is 3.07 bits per heavy atom. The van der Waals surface area contributed by atoms with E-state index in [0.717, 1.165) is 19.3 Å². The van der Waals surface area contributed by atoms with Crippen molar-refractivity contribution < 1.29 is 5.11 Å². The number of rotatable bonds is 1. The quantitative estimate of drug-likeness (QED) is 0.514. The van der Waals surface area contributed by atoms with Crippen molar-refractivity contribution in [1.82, 2.24) is 0 Å². The number of hydrogen-bond donors (Lipinski definition) is 1. The lowest BCUT2D eigenvalue weighted by Gasteiger charge is -2.47. The molecule has 0 aromatic carbocycles. The van der Waals surface area contributed by atoms with E-state index in [9.17, 15) is 5.11 Å². The zero-order valence-electron chi connectivity index (χ0n) is 9.45. The zero-order chi connectivity index (χ0) is 10.9. The molecule has 1 fully saturated rings. The summed E-state index contributed by atoms with van der Waals surface area (Å²) in [5, 5.41) is 9.42. The van der Waals surface area contributed by atoms with Crippen molar-refractivity contribution in [1.29, 1.82) is 0 Å². The molecule has 0 unspecified atom stereocenters. The first kappa shape index (κ1) is 10.8. The van der Waals surface area contributed by atoms with Crippen LogP contribution in [0.15, 0.2) is 12.2 Å². The largest absolute Gasteiger partial charge is 0.396 e. The summed E-state index contributed by atoms with van der Waals surface area (Å²) in [7, 11) is 0. The molecule has 15 heavy (non-hydrogen) atoms. The third kappa shape index (κ3) is 1.84. The molecule has 1 saturated carbocycles. The van der Waals surface area contributed by atoms with Crippen LogP contribution in [-0.2, 0) is 0 Å². The average molecular weight is 204 g/mol. The molecule has 1 heteroatoms. The minimum absolute atomic E-state index is 0.291. The van der Waals surface area contributed by atoms with Crippen molar-refractivity contribution in [2.24, 2.45) is 23.2 Å². The summed E-state index contributed by atoms with van der Waals surface area (Å²) in [4.78, 5) is 0. The molecule has 2 aliphatic carbocycles.